The summed E-state index contributed by atoms with van der Waals surface area (Å²) in [6, 6.07) is 0. The van der Waals surface area contributed by atoms with Crippen molar-refractivity contribution < 1.29 is 5.11 Å². The minimum atomic E-state index is -0.120. The lowest BCUT2D eigenvalue weighted by Crippen LogP contribution is -2.14. The first-order valence-corrected chi connectivity index (χ1v) is 3.40. The van der Waals surface area contributed by atoms with Crippen molar-refractivity contribution in [1.82, 2.24) is 0 Å². The number of aliphatic hydroxyl groups is 1. The predicted molar refractivity (Wildman–Crippen MR) is 35.8 cm³/mol. The fourth-order valence-corrected chi connectivity index (χ4v) is 0.971. The monoisotopic (exact) mass is 116 g/mol. The van der Waals surface area contributed by atoms with Gasteiger partial charge in [-0.25, -0.2) is 0 Å². The molecular formula is C7H16O. The molecule has 0 bridgehead atoms. The summed E-state index contributed by atoms with van der Waals surface area (Å²) in [4.78, 5) is 0. The van der Waals surface area contributed by atoms with E-state index < -0.39 is 0 Å². The molecule has 0 aromatic heterocycles. The van der Waals surface area contributed by atoms with Crippen LogP contribution in [0.3, 0.4) is 0 Å². The van der Waals surface area contributed by atoms with Crippen molar-refractivity contribution in [1.29, 1.82) is 0 Å². The Hall–Kier alpha value is -0.0400. The second-order valence-corrected chi connectivity index (χ2v) is 2.32. The average molecular weight is 116 g/mol. The molecule has 0 saturated heterocycles. The van der Waals surface area contributed by atoms with Gasteiger partial charge in [0.2, 0.25) is 0 Å². The van der Waals surface area contributed by atoms with Crippen LogP contribution in [0.25, 0.3) is 0 Å². The molecule has 0 aliphatic carbocycles. The van der Waals surface area contributed by atoms with Gasteiger partial charge in [-0.15, -0.1) is 0 Å². The van der Waals surface area contributed by atoms with Crippen LogP contribution in [0.4, 0.5) is 0 Å². The Morgan fingerprint density at radius 2 is 1.62 bits per heavy atom. The molecule has 1 unspecified atom stereocenters. The number of hydrogen-bond acceptors (Lipinski definition) is 1. The highest BCUT2D eigenvalue weighted by Gasteiger charge is 2.08. The summed E-state index contributed by atoms with van der Waals surface area (Å²) >= 11 is 0. The quantitative estimate of drug-likeness (QED) is 0.596. The first kappa shape index (κ1) is 7.96. The summed E-state index contributed by atoms with van der Waals surface area (Å²) in [5.41, 5.74) is 0. The normalized spacial score (nSPS) is 14.6. The van der Waals surface area contributed by atoms with Gasteiger partial charge in [-0.1, -0.05) is 26.7 Å². The largest absolute Gasteiger partial charge is 0.393 e. The summed E-state index contributed by atoms with van der Waals surface area (Å²) in [5, 5.41) is 9.01. The molecule has 0 amide bonds. The van der Waals surface area contributed by atoms with E-state index in [-0.39, 0.29) is 6.10 Å². The van der Waals surface area contributed by atoms with Gasteiger partial charge >= 0.3 is 0 Å². The zero-order valence-corrected chi connectivity index (χ0v) is 6.02. The number of aliphatic hydroxyl groups excluding tert-OH is 1. The van der Waals surface area contributed by atoms with Gasteiger partial charge in [0.25, 0.3) is 0 Å². The molecule has 0 aromatic rings. The third-order valence-electron chi connectivity index (χ3n) is 1.73. The van der Waals surface area contributed by atoms with Crippen molar-refractivity contribution in [3.63, 3.8) is 0 Å². The lowest BCUT2D eigenvalue weighted by Gasteiger charge is -2.14. The number of hydrogen-bond donors (Lipinski definition) is 1. The lowest BCUT2D eigenvalue weighted by molar-refractivity contribution is 0.120. The summed E-state index contributed by atoms with van der Waals surface area (Å²) in [6.07, 6.45) is 2.06. The number of rotatable bonds is 3. The molecule has 0 aliphatic rings. The van der Waals surface area contributed by atoms with E-state index in [9.17, 15) is 0 Å². The molecule has 0 rings (SSSR count). The van der Waals surface area contributed by atoms with Gasteiger partial charge in [-0.2, -0.15) is 0 Å². The van der Waals surface area contributed by atoms with E-state index in [1.807, 2.05) is 6.92 Å². The van der Waals surface area contributed by atoms with E-state index in [0.717, 1.165) is 12.8 Å². The third-order valence-corrected chi connectivity index (χ3v) is 1.73. The molecule has 0 aromatic carbocycles. The molecule has 1 N–H and O–H groups in total. The van der Waals surface area contributed by atoms with Gasteiger partial charge < -0.3 is 5.11 Å². The minimum absolute atomic E-state index is 0.120. The fourth-order valence-electron chi connectivity index (χ4n) is 0.971. The molecule has 50 valence electrons. The minimum Gasteiger partial charge on any atom is -0.393 e. The molecule has 0 saturated carbocycles. The summed E-state index contributed by atoms with van der Waals surface area (Å²) in [6.45, 7) is 6.08. The van der Waals surface area contributed by atoms with E-state index in [1.165, 1.54) is 0 Å². The SMILES string of the molecule is CCC(CC)C(C)O. The highest BCUT2D eigenvalue weighted by atomic mass is 16.3. The summed E-state index contributed by atoms with van der Waals surface area (Å²) in [7, 11) is 0. The molecule has 0 heterocycles. The second-order valence-electron chi connectivity index (χ2n) is 2.32. The molecule has 0 radical (unpaired) electrons. The van der Waals surface area contributed by atoms with E-state index in [2.05, 4.69) is 13.8 Å². The standard InChI is InChI=1S/C7H16O/c1-4-7(5-2)6(3)8/h6-8H,4-5H2,1-3H3. The maximum Gasteiger partial charge on any atom is 0.0540 e. The lowest BCUT2D eigenvalue weighted by atomic mass is 9.98. The molecule has 8 heavy (non-hydrogen) atoms. The highest BCUT2D eigenvalue weighted by molar-refractivity contribution is 4.59. The first-order valence-electron chi connectivity index (χ1n) is 3.40. The van der Waals surface area contributed by atoms with E-state index in [4.69, 9.17) is 5.11 Å². The van der Waals surface area contributed by atoms with Crippen LogP contribution in [-0.2, 0) is 0 Å². The van der Waals surface area contributed by atoms with Crippen molar-refractivity contribution >= 4 is 0 Å². The maximum atomic E-state index is 9.01. The van der Waals surface area contributed by atoms with Crippen molar-refractivity contribution in [2.24, 2.45) is 5.92 Å². The topological polar surface area (TPSA) is 20.2 Å². The molecule has 0 spiro atoms. The molecule has 0 aliphatic heterocycles. The Morgan fingerprint density at radius 3 is 1.62 bits per heavy atom. The average Bonchev–Trinajstić information content (AvgIpc) is 1.69. The van der Waals surface area contributed by atoms with Crippen LogP contribution in [-0.4, -0.2) is 11.2 Å². The highest BCUT2D eigenvalue weighted by Crippen LogP contribution is 2.11. The van der Waals surface area contributed by atoms with Crippen molar-refractivity contribution in [2.75, 3.05) is 0 Å². The van der Waals surface area contributed by atoms with Crippen molar-refractivity contribution in [3.8, 4) is 0 Å². The van der Waals surface area contributed by atoms with E-state index >= 15 is 0 Å². The third kappa shape index (κ3) is 2.31. The Bertz CT molecular complexity index is 46.3. The van der Waals surface area contributed by atoms with Crippen LogP contribution >= 0.6 is 0 Å². The molecule has 1 heteroatoms. The maximum absolute atomic E-state index is 9.01. The van der Waals surface area contributed by atoms with Crippen molar-refractivity contribution in [2.45, 2.75) is 39.7 Å². The predicted octanol–water partition coefficient (Wildman–Crippen LogP) is 1.80. The van der Waals surface area contributed by atoms with E-state index in [1.54, 1.807) is 0 Å². The summed E-state index contributed by atoms with van der Waals surface area (Å²) < 4.78 is 0. The van der Waals surface area contributed by atoms with Crippen molar-refractivity contribution in [3.05, 3.63) is 0 Å². The van der Waals surface area contributed by atoms with Gasteiger partial charge in [-0.3, -0.25) is 0 Å². The zero-order valence-electron chi connectivity index (χ0n) is 6.02. The van der Waals surface area contributed by atoms with Crippen LogP contribution in [0.1, 0.15) is 33.6 Å². The van der Waals surface area contributed by atoms with Crippen LogP contribution in [0.15, 0.2) is 0 Å². The van der Waals surface area contributed by atoms with Crippen LogP contribution < -0.4 is 0 Å². The first-order chi connectivity index (χ1) is 3.72. The van der Waals surface area contributed by atoms with Gasteiger partial charge in [-0.05, 0) is 12.8 Å². The van der Waals surface area contributed by atoms with E-state index in [0.29, 0.717) is 5.92 Å². The zero-order chi connectivity index (χ0) is 6.57. The molecule has 1 atom stereocenters. The Balaban J connectivity index is 3.35. The van der Waals surface area contributed by atoms with Crippen LogP contribution in [0, 0.1) is 5.92 Å². The Morgan fingerprint density at radius 1 is 1.25 bits per heavy atom. The van der Waals surface area contributed by atoms with Gasteiger partial charge in [0.1, 0.15) is 0 Å². The smallest absolute Gasteiger partial charge is 0.0540 e. The van der Waals surface area contributed by atoms with Gasteiger partial charge in [0.05, 0.1) is 6.10 Å². The molecule has 0 fully saturated rings. The molecular weight excluding hydrogens is 100 g/mol. The fraction of sp³-hybridized carbons (Fsp3) is 1.00. The van der Waals surface area contributed by atoms with Gasteiger partial charge in [0, 0.05) is 0 Å². The molecule has 1 nitrogen and oxygen atoms in total. The Labute approximate surface area is 51.7 Å². The Kier molecular flexibility index (Phi) is 3.88. The van der Waals surface area contributed by atoms with Crippen LogP contribution in [0.2, 0.25) is 0 Å². The second kappa shape index (κ2) is 3.90. The van der Waals surface area contributed by atoms with Gasteiger partial charge in [0.15, 0.2) is 0 Å². The summed E-state index contributed by atoms with van der Waals surface area (Å²) in [5.74, 6) is 0.509. The van der Waals surface area contributed by atoms with Crippen LogP contribution in [0.5, 0.6) is 0 Å².